The normalized spacial score (nSPS) is 32.7. The van der Waals surface area contributed by atoms with Gasteiger partial charge < -0.3 is 49.2 Å². The number of fused-ring (bicyclic) bond motifs is 1. The van der Waals surface area contributed by atoms with Crippen molar-refractivity contribution in [3.8, 4) is 0 Å². The highest BCUT2D eigenvalue weighted by atomic mass is 16.6. The lowest BCUT2D eigenvalue weighted by molar-refractivity contribution is -0.208. The van der Waals surface area contributed by atoms with Crippen LogP contribution in [-0.4, -0.2) is 166 Å². The fourth-order valence-electron chi connectivity index (χ4n) is 10.9. The molecule has 4 aliphatic rings. The monoisotopic (exact) mass is 1010 g/mol. The van der Waals surface area contributed by atoms with E-state index in [9.17, 15) is 44.4 Å². The number of cyclic esters (lactones) is 1. The van der Waals surface area contributed by atoms with Gasteiger partial charge in [0.1, 0.15) is 24.0 Å². The van der Waals surface area contributed by atoms with E-state index in [0.29, 0.717) is 82.9 Å². The van der Waals surface area contributed by atoms with E-state index in [0.717, 1.165) is 35.8 Å². The van der Waals surface area contributed by atoms with Crippen LogP contribution in [-0.2, 0) is 44.7 Å². The minimum atomic E-state index is -3.07. The SMILES string of the molecule is CO[C@@H]1C[C@@H](OC)C[C@@H](C)C/C(C)=C/[C@@H](C/C=C/CO)C(=O)C[C@H](O)[C@@H](C)[C@@H](/C(C)=C/[C@H]2CC[C@H](OC(=O)N3CCN(Cc4ccccn4)CC3)CC2)OC(=O)[C@@H]2CCCCN2C(=O)C(=O)C(O)(O)[C@H](C)C1. The number of esters is 1. The molecule has 1 aliphatic carbocycles. The Bertz CT molecular complexity index is 2010. The van der Waals surface area contributed by atoms with Crippen LogP contribution in [0.25, 0.3) is 0 Å². The molecule has 17 heteroatoms. The maximum atomic E-state index is 14.5. The average molecular weight is 1010 g/mol. The number of aromatic nitrogens is 1. The predicted octanol–water partition coefficient (Wildman–Crippen LogP) is 5.72. The zero-order chi connectivity index (χ0) is 52.5. The van der Waals surface area contributed by atoms with Gasteiger partial charge in [-0.2, -0.15) is 0 Å². The van der Waals surface area contributed by atoms with Crippen LogP contribution in [0.4, 0.5) is 4.79 Å². The second-order valence-electron chi connectivity index (χ2n) is 21.1. The number of ether oxygens (including phenoxy) is 4. The zero-order valence-electron chi connectivity index (χ0n) is 43.9. The molecule has 0 unspecified atom stereocenters. The lowest BCUT2D eigenvalue weighted by atomic mass is 9.82. The number of Topliss-reactive ketones (excluding diaryl/α,β-unsaturated/α-hetero) is 2. The van der Waals surface area contributed by atoms with Crippen LogP contribution in [0, 0.1) is 29.6 Å². The molecule has 402 valence electrons. The number of ketones is 2. The highest BCUT2D eigenvalue weighted by Gasteiger charge is 2.48. The van der Waals surface area contributed by atoms with Crippen LogP contribution in [0.1, 0.15) is 124 Å². The molecule has 0 radical (unpaired) electrons. The number of hydrogen-bond acceptors (Lipinski definition) is 15. The standard InChI is InChI=1S/C55H84N4O13/c1-36-28-37(2)30-45(69-6)33-46(70-7)32-39(4)55(67,68)51(63)52(64)59-22-12-9-16-47(59)53(65)72-50(40(5)48(61)34-49(62)42(29-36)14-10-13-27-60)38(3)31-41-17-19-44(20-18-41)71-54(66)58-25-23-57(24-26-58)35-43-15-8-11-21-56-43/h8,10-11,13,15,21,29,31,37,39-42,44-48,50,60-61,67-68H,9,12,14,16-20,22-28,30,32-35H2,1-7H3/b13-10+,36-29+,38-31+/t37-,39+,40+,41-,42+,44-,45-,46-,47-,48-,50+/m0/s1. The third kappa shape index (κ3) is 16.8. The van der Waals surface area contributed by atoms with Crippen molar-refractivity contribution in [1.29, 1.82) is 0 Å². The third-order valence-electron chi connectivity index (χ3n) is 15.4. The third-order valence-corrected chi connectivity index (χ3v) is 15.4. The second kappa shape index (κ2) is 28.3. The van der Waals surface area contributed by atoms with Crippen molar-refractivity contribution in [2.45, 2.75) is 167 Å². The number of carbonyl (C=O) groups is 5. The number of methoxy groups -OCH3 is 2. The van der Waals surface area contributed by atoms with Crippen molar-refractivity contribution >= 4 is 29.5 Å². The molecule has 17 nitrogen and oxygen atoms in total. The minimum Gasteiger partial charge on any atom is -0.456 e. The van der Waals surface area contributed by atoms with E-state index in [2.05, 4.69) is 16.8 Å². The molecule has 4 N–H and O–H groups in total. The summed E-state index contributed by atoms with van der Waals surface area (Å²) in [5, 5.41) is 44.1. The number of piperazine rings is 1. The summed E-state index contributed by atoms with van der Waals surface area (Å²) in [5.41, 5.74) is 2.58. The van der Waals surface area contributed by atoms with Crippen molar-refractivity contribution in [3.63, 3.8) is 0 Å². The molecule has 0 bridgehead atoms. The first-order valence-corrected chi connectivity index (χ1v) is 26.3. The first-order valence-electron chi connectivity index (χ1n) is 26.3. The number of hydrogen-bond donors (Lipinski definition) is 4. The molecule has 1 aromatic rings. The first-order chi connectivity index (χ1) is 34.3. The fourth-order valence-corrected chi connectivity index (χ4v) is 10.9. The maximum Gasteiger partial charge on any atom is 0.410 e. The summed E-state index contributed by atoms with van der Waals surface area (Å²) in [6, 6.07) is 4.62. The molecule has 0 spiro atoms. The number of piperidine rings is 1. The summed E-state index contributed by atoms with van der Waals surface area (Å²) < 4.78 is 23.9. The molecule has 1 aromatic heterocycles. The predicted molar refractivity (Wildman–Crippen MR) is 270 cm³/mol. The number of pyridine rings is 1. The van der Waals surface area contributed by atoms with Crippen molar-refractivity contribution < 1.29 is 63.3 Å². The minimum absolute atomic E-state index is 0.00438. The number of carbonyl (C=O) groups excluding carboxylic acids is 5. The Morgan fingerprint density at radius 3 is 2.22 bits per heavy atom. The summed E-state index contributed by atoms with van der Waals surface area (Å²) >= 11 is 0. The second-order valence-corrected chi connectivity index (χ2v) is 21.1. The van der Waals surface area contributed by atoms with Crippen LogP contribution in [0.15, 0.2) is 59.8 Å². The molecular formula is C55H84N4O13. The highest BCUT2D eigenvalue weighted by molar-refractivity contribution is 6.39. The van der Waals surface area contributed by atoms with E-state index in [1.54, 1.807) is 37.3 Å². The zero-order valence-corrected chi connectivity index (χ0v) is 43.9. The lowest BCUT2D eigenvalue weighted by Crippen LogP contribution is -2.58. The Kier molecular flexibility index (Phi) is 23.0. The molecule has 2 saturated heterocycles. The molecule has 4 heterocycles. The fraction of sp³-hybridized carbons (Fsp3) is 0.709. The molecule has 0 aromatic carbocycles. The largest absolute Gasteiger partial charge is 0.456 e. The van der Waals surface area contributed by atoms with E-state index < -0.39 is 65.6 Å². The number of nitrogens with zero attached hydrogens (tertiary/aromatic N) is 4. The van der Waals surface area contributed by atoms with Gasteiger partial charge in [0, 0.05) is 83.9 Å². The molecule has 3 aliphatic heterocycles. The van der Waals surface area contributed by atoms with Gasteiger partial charge in [0.05, 0.1) is 30.6 Å². The van der Waals surface area contributed by atoms with E-state index in [4.69, 9.17) is 18.9 Å². The van der Waals surface area contributed by atoms with Gasteiger partial charge in [-0.3, -0.25) is 24.3 Å². The number of aliphatic hydroxyl groups is 4. The molecule has 1 saturated carbocycles. The van der Waals surface area contributed by atoms with Crippen LogP contribution >= 0.6 is 0 Å². The molecule has 5 rings (SSSR count). The number of aliphatic hydroxyl groups excluding tert-OH is 2. The topological polar surface area (TPSA) is 226 Å². The summed E-state index contributed by atoms with van der Waals surface area (Å²) in [5.74, 6) is -9.24. The smallest absolute Gasteiger partial charge is 0.410 e. The Hall–Kier alpha value is -4.36. The Balaban J connectivity index is 1.37. The highest BCUT2D eigenvalue weighted by Crippen LogP contribution is 2.34. The van der Waals surface area contributed by atoms with Crippen molar-refractivity contribution in [3.05, 3.63) is 65.5 Å². The van der Waals surface area contributed by atoms with Gasteiger partial charge in [-0.15, -0.1) is 0 Å². The number of rotatable bonds is 10. The van der Waals surface area contributed by atoms with E-state index in [1.807, 2.05) is 44.2 Å². The van der Waals surface area contributed by atoms with Gasteiger partial charge >= 0.3 is 12.1 Å². The Morgan fingerprint density at radius 1 is 0.875 bits per heavy atom. The number of amides is 2. The Labute approximate surface area is 427 Å². The van der Waals surface area contributed by atoms with Crippen molar-refractivity contribution in [2.24, 2.45) is 29.6 Å². The molecule has 2 amide bonds. The summed E-state index contributed by atoms with van der Waals surface area (Å²) in [6.45, 7) is 12.1. The van der Waals surface area contributed by atoms with E-state index in [-0.39, 0.29) is 68.3 Å². The van der Waals surface area contributed by atoms with Crippen molar-refractivity contribution in [2.75, 3.05) is 53.6 Å². The quantitative estimate of drug-likeness (QED) is 0.0953. The lowest BCUT2D eigenvalue weighted by Gasteiger charge is -2.38. The van der Waals surface area contributed by atoms with Gasteiger partial charge in [-0.05, 0) is 120 Å². The molecular weight excluding hydrogens is 925 g/mol. The van der Waals surface area contributed by atoms with Gasteiger partial charge in [0.15, 0.2) is 0 Å². The average Bonchev–Trinajstić information content (AvgIpc) is 3.37. The van der Waals surface area contributed by atoms with Crippen LogP contribution in [0.5, 0.6) is 0 Å². The van der Waals surface area contributed by atoms with Gasteiger partial charge in [-0.25, -0.2) is 9.59 Å². The maximum absolute atomic E-state index is 14.5. The summed E-state index contributed by atoms with van der Waals surface area (Å²) in [7, 11) is 3.08. The summed E-state index contributed by atoms with van der Waals surface area (Å²) in [4.78, 5) is 79.3. The summed E-state index contributed by atoms with van der Waals surface area (Å²) in [6.07, 6.45) is 10.7. The van der Waals surface area contributed by atoms with Crippen LogP contribution in [0.2, 0.25) is 0 Å². The molecule has 3 fully saturated rings. The van der Waals surface area contributed by atoms with E-state index >= 15 is 0 Å². The van der Waals surface area contributed by atoms with Crippen LogP contribution < -0.4 is 0 Å². The van der Waals surface area contributed by atoms with Gasteiger partial charge in [0.25, 0.3) is 11.7 Å². The van der Waals surface area contributed by atoms with E-state index in [1.165, 1.54) is 14.0 Å². The van der Waals surface area contributed by atoms with Gasteiger partial charge in [-0.1, -0.05) is 56.7 Å². The first kappa shape index (κ1) is 58.5. The molecule has 9 atom stereocenters. The van der Waals surface area contributed by atoms with Crippen molar-refractivity contribution in [1.82, 2.24) is 19.7 Å². The number of allylic oxidation sites excluding steroid dienone is 4. The van der Waals surface area contributed by atoms with Crippen LogP contribution in [0.3, 0.4) is 0 Å². The van der Waals surface area contributed by atoms with Gasteiger partial charge in [0.2, 0.25) is 5.79 Å². The molecule has 72 heavy (non-hydrogen) atoms. The Morgan fingerprint density at radius 2 is 1.57 bits per heavy atom.